The summed E-state index contributed by atoms with van der Waals surface area (Å²) in [5, 5.41) is 3.27. The molecule has 0 heterocycles. The molecule has 0 aliphatic heterocycles. The van der Waals surface area contributed by atoms with Crippen molar-refractivity contribution in [1.82, 2.24) is 10.2 Å². The van der Waals surface area contributed by atoms with E-state index in [-0.39, 0.29) is 36.4 Å². The molecular formula is C21H30Cl2F2N2. The van der Waals surface area contributed by atoms with Gasteiger partial charge in [-0.25, -0.2) is 8.78 Å². The molecule has 0 saturated carbocycles. The molecule has 0 spiro atoms. The Kier molecular flexibility index (Phi) is 13.3. The van der Waals surface area contributed by atoms with Gasteiger partial charge in [-0.3, -0.25) is 4.90 Å². The van der Waals surface area contributed by atoms with Crippen LogP contribution in [0.3, 0.4) is 0 Å². The Hall–Kier alpha value is -1.20. The average molecular weight is 419 g/mol. The van der Waals surface area contributed by atoms with Crippen molar-refractivity contribution in [2.45, 2.75) is 38.3 Å². The maximum atomic E-state index is 13.0. The standard InChI is InChI=1S/C21H28F2N2.2ClH/c1-24-15-21(25(2)16-18-9-13-20(23)14-10-18)6-4-3-5-17-7-11-19(22)12-8-17;;/h7-14,21,24H,3-6,15-16H2,1-2H3;2*1H. The number of rotatable bonds is 10. The fraction of sp³-hybridized carbons (Fsp3) is 0.429. The molecule has 2 rings (SSSR count). The molecular weight excluding hydrogens is 389 g/mol. The van der Waals surface area contributed by atoms with Crippen LogP contribution in [0.4, 0.5) is 8.78 Å². The molecule has 1 atom stereocenters. The summed E-state index contributed by atoms with van der Waals surface area (Å²) in [4.78, 5) is 2.32. The molecule has 152 valence electrons. The lowest BCUT2D eigenvalue weighted by Gasteiger charge is -2.28. The second-order valence-corrected chi connectivity index (χ2v) is 6.63. The Balaban J connectivity index is 0.00000338. The summed E-state index contributed by atoms with van der Waals surface area (Å²) in [6.45, 7) is 1.73. The highest BCUT2D eigenvalue weighted by molar-refractivity contribution is 5.85. The van der Waals surface area contributed by atoms with Crippen molar-refractivity contribution in [3.05, 3.63) is 71.3 Å². The van der Waals surface area contributed by atoms with Crippen LogP contribution in [0.2, 0.25) is 0 Å². The maximum absolute atomic E-state index is 13.0. The van der Waals surface area contributed by atoms with E-state index in [1.165, 1.54) is 29.8 Å². The van der Waals surface area contributed by atoms with Gasteiger partial charge in [0.15, 0.2) is 0 Å². The van der Waals surface area contributed by atoms with Gasteiger partial charge in [-0.15, -0.1) is 24.8 Å². The zero-order valence-corrected chi connectivity index (χ0v) is 17.6. The Morgan fingerprint density at radius 3 is 1.89 bits per heavy atom. The molecule has 2 aromatic rings. The maximum Gasteiger partial charge on any atom is 0.123 e. The average Bonchev–Trinajstić information content (AvgIpc) is 2.61. The summed E-state index contributed by atoms with van der Waals surface area (Å²) in [6.07, 6.45) is 4.29. The number of likely N-dealkylation sites (N-methyl/N-ethyl adjacent to an activating group) is 2. The summed E-state index contributed by atoms with van der Waals surface area (Å²) in [5.41, 5.74) is 2.31. The molecule has 0 aromatic heterocycles. The van der Waals surface area contributed by atoms with Gasteiger partial charge in [-0.05, 0) is 68.8 Å². The van der Waals surface area contributed by atoms with Gasteiger partial charge in [-0.1, -0.05) is 30.7 Å². The molecule has 0 fully saturated rings. The van der Waals surface area contributed by atoms with Crippen molar-refractivity contribution < 1.29 is 8.78 Å². The van der Waals surface area contributed by atoms with E-state index in [9.17, 15) is 8.78 Å². The molecule has 0 amide bonds. The highest BCUT2D eigenvalue weighted by Gasteiger charge is 2.14. The summed E-state index contributed by atoms with van der Waals surface area (Å²) >= 11 is 0. The van der Waals surface area contributed by atoms with Gasteiger partial charge >= 0.3 is 0 Å². The molecule has 27 heavy (non-hydrogen) atoms. The van der Waals surface area contributed by atoms with Crippen LogP contribution in [-0.4, -0.2) is 31.6 Å². The molecule has 0 radical (unpaired) electrons. The Labute approximate surface area is 174 Å². The van der Waals surface area contributed by atoms with Crippen molar-refractivity contribution >= 4 is 24.8 Å². The normalized spacial score (nSPS) is 11.6. The molecule has 2 nitrogen and oxygen atoms in total. The third-order valence-electron chi connectivity index (χ3n) is 4.57. The number of benzene rings is 2. The largest absolute Gasteiger partial charge is 0.318 e. The molecule has 2 aromatic carbocycles. The van der Waals surface area contributed by atoms with Gasteiger partial charge in [0.1, 0.15) is 11.6 Å². The number of aryl methyl sites for hydroxylation is 1. The minimum Gasteiger partial charge on any atom is -0.318 e. The van der Waals surface area contributed by atoms with Gasteiger partial charge < -0.3 is 5.32 Å². The van der Waals surface area contributed by atoms with Crippen LogP contribution >= 0.6 is 24.8 Å². The third-order valence-corrected chi connectivity index (χ3v) is 4.57. The summed E-state index contributed by atoms with van der Waals surface area (Å²) < 4.78 is 25.9. The molecule has 0 aliphatic rings. The van der Waals surface area contributed by atoms with E-state index in [1.807, 2.05) is 31.3 Å². The van der Waals surface area contributed by atoms with Crippen LogP contribution < -0.4 is 5.32 Å². The van der Waals surface area contributed by atoms with E-state index >= 15 is 0 Å². The predicted molar refractivity (Wildman–Crippen MR) is 114 cm³/mol. The number of nitrogens with one attached hydrogen (secondary N) is 1. The van der Waals surface area contributed by atoms with Gasteiger partial charge in [0, 0.05) is 19.1 Å². The second kappa shape index (κ2) is 13.9. The Morgan fingerprint density at radius 2 is 1.37 bits per heavy atom. The first-order valence-corrected chi connectivity index (χ1v) is 8.92. The first kappa shape index (κ1) is 25.8. The predicted octanol–water partition coefficient (Wildman–Crippen LogP) is 5.24. The fourth-order valence-corrected chi connectivity index (χ4v) is 3.08. The lowest BCUT2D eigenvalue weighted by molar-refractivity contribution is 0.215. The number of nitrogens with zero attached hydrogens (tertiary/aromatic N) is 1. The molecule has 0 aliphatic carbocycles. The fourth-order valence-electron chi connectivity index (χ4n) is 3.08. The summed E-state index contributed by atoms with van der Waals surface area (Å²) in [6, 6.07) is 13.9. The molecule has 1 N–H and O–H groups in total. The topological polar surface area (TPSA) is 15.3 Å². The van der Waals surface area contributed by atoms with Gasteiger partial charge in [0.25, 0.3) is 0 Å². The van der Waals surface area contributed by atoms with Crippen LogP contribution in [-0.2, 0) is 13.0 Å². The van der Waals surface area contributed by atoms with E-state index < -0.39 is 0 Å². The quantitative estimate of drug-likeness (QED) is 0.530. The van der Waals surface area contributed by atoms with E-state index in [1.54, 1.807) is 0 Å². The Bertz CT molecular complexity index is 621. The van der Waals surface area contributed by atoms with E-state index in [0.717, 1.165) is 44.3 Å². The van der Waals surface area contributed by atoms with Gasteiger partial charge in [0.05, 0.1) is 0 Å². The van der Waals surface area contributed by atoms with Crippen LogP contribution in [0.5, 0.6) is 0 Å². The molecule has 6 heteroatoms. The van der Waals surface area contributed by atoms with E-state index in [4.69, 9.17) is 0 Å². The molecule has 0 bridgehead atoms. The first-order valence-electron chi connectivity index (χ1n) is 8.92. The SMILES string of the molecule is CNCC(CCCCc1ccc(F)cc1)N(C)Cc1ccc(F)cc1.Cl.Cl. The zero-order valence-electron chi connectivity index (χ0n) is 16.0. The first-order chi connectivity index (χ1) is 12.1. The summed E-state index contributed by atoms with van der Waals surface area (Å²) in [5.74, 6) is -0.376. The third kappa shape index (κ3) is 9.52. The van der Waals surface area contributed by atoms with Crippen molar-refractivity contribution in [3.8, 4) is 0 Å². The minimum absolute atomic E-state index is 0. The lowest BCUT2D eigenvalue weighted by atomic mass is 10.0. The summed E-state index contributed by atoms with van der Waals surface area (Å²) in [7, 11) is 4.09. The van der Waals surface area contributed by atoms with Gasteiger partial charge in [0.2, 0.25) is 0 Å². The van der Waals surface area contributed by atoms with E-state index in [2.05, 4.69) is 17.3 Å². The van der Waals surface area contributed by atoms with Crippen LogP contribution in [0, 0.1) is 11.6 Å². The van der Waals surface area contributed by atoms with Crippen molar-refractivity contribution in [1.29, 1.82) is 0 Å². The van der Waals surface area contributed by atoms with Gasteiger partial charge in [-0.2, -0.15) is 0 Å². The number of halogens is 4. The number of hydrogen-bond acceptors (Lipinski definition) is 2. The monoisotopic (exact) mass is 418 g/mol. The van der Waals surface area contributed by atoms with Crippen molar-refractivity contribution in [3.63, 3.8) is 0 Å². The molecule has 0 saturated heterocycles. The van der Waals surface area contributed by atoms with E-state index in [0.29, 0.717) is 6.04 Å². The number of hydrogen-bond donors (Lipinski definition) is 1. The molecule has 1 unspecified atom stereocenters. The highest BCUT2D eigenvalue weighted by atomic mass is 35.5. The second-order valence-electron chi connectivity index (χ2n) is 6.63. The van der Waals surface area contributed by atoms with Crippen LogP contribution in [0.15, 0.2) is 48.5 Å². The minimum atomic E-state index is -0.195. The highest BCUT2D eigenvalue weighted by Crippen LogP contribution is 2.14. The number of unbranched alkanes of at least 4 members (excludes halogenated alkanes) is 1. The lowest BCUT2D eigenvalue weighted by Crippen LogP contribution is -2.38. The van der Waals surface area contributed by atoms with Crippen molar-refractivity contribution in [2.24, 2.45) is 0 Å². The van der Waals surface area contributed by atoms with Crippen LogP contribution in [0.25, 0.3) is 0 Å². The smallest absolute Gasteiger partial charge is 0.123 e. The Morgan fingerprint density at radius 1 is 0.852 bits per heavy atom. The van der Waals surface area contributed by atoms with Crippen molar-refractivity contribution in [2.75, 3.05) is 20.6 Å². The van der Waals surface area contributed by atoms with Crippen LogP contribution in [0.1, 0.15) is 30.4 Å². The zero-order chi connectivity index (χ0) is 18.1.